The molecule has 1 aromatic rings. The van der Waals surface area contributed by atoms with Gasteiger partial charge in [-0.05, 0) is 30.5 Å². The van der Waals surface area contributed by atoms with E-state index in [0.717, 1.165) is 5.56 Å². The lowest BCUT2D eigenvalue weighted by molar-refractivity contribution is -0.121. The number of hydrazone groups is 1. The monoisotopic (exact) mass is 332 g/mol. The summed E-state index contributed by atoms with van der Waals surface area (Å²) in [5, 5.41) is 10.8. The van der Waals surface area contributed by atoms with E-state index in [-0.39, 0.29) is 11.4 Å². The number of nitrogen functional groups attached to an aromatic ring is 1. The summed E-state index contributed by atoms with van der Waals surface area (Å²) in [6, 6.07) is 7.43. The van der Waals surface area contributed by atoms with Crippen LogP contribution in [0.1, 0.15) is 37.7 Å². The summed E-state index contributed by atoms with van der Waals surface area (Å²) in [6.45, 7) is 0. The summed E-state index contributed by atoms with van der Waals surface area (Å²) >= 11 is 1.69. The number of nitrogens with zero attached hydrogens (tertiary/aromatic N) is 2. The summed E-state index contributed by atoms with van der Waals surface area (Å²) in [5.41, 5.74) is 7.26. The summed E-state index contributed by atoms with van der Waals surface area (Å²) in [5.74, 6) is 0.592. The number of benzene rings is 1. The van der Waals surface area contributed by atoms with Gasteiger partial charge in [0.25, 0.3) is 0 Å². The van der Waals surface area contributed by atoms with E-state index in [1.807, 2.05) is 36.3 Å². The van der Waals surface area contributed by atoms with Crippen LogP contribution in [-0.2, 0) is 11.2 Å². The zero-order valence-electron chi connectivity index (χ0n) is 13.5. The molecule has 1 fully saturated rings. The average molecular weight is 332 g/mol. The number of nitrogens with one attached hydrogen (secondary N) is 1. The quantitative estimate of drug-likeness (QED) is 0.832. The Bertz CT molecular complexity index is 581. The van der Waals surface area contributed by atoms with E-state index in [1.54, 1.807) is 11.8 Å². The van der Waals surface area contributed by atoms with E-state index < -0.39 is 0 Å². The van der Waals surface area contributed by atoms with Gasteiger partial charge in [0.05, 0.1) is 6.42 Å². The van der Waals surface area contributed by atoms with E-state index in [9.17, 15) is 4.79 Å². The fourth-order valence-corrected chi connectivity index (χ4v) is 4.30. The average Bonchev–Trinajstić information content (AvgIpc) is 2.91. The SMILES string of the molecule is CN1N=C(C2CCCCC2)SC1NC(=O)Cc1ccc(N)cc1. The molecule has 1 atom stereocenters. The van der Waals surface area contributed by atoms with Gasteiger partial charge < -0.3 is 11.1 Å². The van der Waals surface area contributed by atoms with Crippen LogP contribution in [0, 0.1) is 5.92 Å². The second kappa shape index (κ2) is 7.25. The number of amides is 1. The van der Waals surface area contributed by atoms with Gasteiger partial charge in [-0.1, -0.05) is 43.2 Å². The predicted molar refractivity (Wildman–Crippen MR) is 95.9 cm³/mol. The molecule has 124 valence electrons. The third kappa shape index (κ3) is 4.19. The highest BCUT2D eigenvalue weighted by Gasteiger charge is 2.31. The van der Waals surface area contributed by atoms with Crippen LogP contribution in [0.15, 0.2) is 29.4 Å². The van der Waals surface area contributed by atoms with E-state index in [1.165, 1.54) is 37.1 Å². The molecule has 2 aliphatic rings. The number of rotatable bonds is 4. The van der Waals surface area contributed by atoms with Crippen molar-refractivity contribution < 1.29 is 4.79 Å². The molecule has 0 radical (unpaired) electrons. The van der Waals surface area contributed by atoms with Crippen LogP contribution in [0.2, 0.25) is 0 Å². The topological polar surface area (TPSA) is 70.7 Å². The van der Waals surface area contributed by atoms with E-state index in [4.69, 9.17) is 5.73 Å². The Morgan fingerprint density at radius 2 is 2.00 bits per heavy atom. The van der Waals surface area contributed by atoms with Gasteiger partial charge in [0, 0.05) is 18.7 Å². The molecule has 3 rings (SSSR count). The number of carbonyl (C=O) groups is 1. The molecule has 1 heterocycles. The van der Waals surface area contributed by atoms with E-state index >= 15 is 0 Å². The highest BCUT2D eigenvalue weighted by molar-refractivity contribution is 8.14. The summed E-state index contributed by atoms with van der Waals surface area (Å²) < 4.78 is 0. The van der Waals surface area contributed by atoms with Crippen LogP contribution in [0.25, 0.3) is 0 Å². The normalized spacial score (nSPS) is 22.0. The number of hydrogen-bond acceptors (Lipinski definition) is 5. The van der Waals surface area contributed by atoms with Crippen molar-refractivity contribution in [3.8, 4) is 0 Å². The molecular weight excluding hydrogens is 308 g/mol. The number of anilines is 1. The highest BCUT2D eigenvalue weighted by atomic mass is 32.2. The highest BCUT2D eigenvalue weighted by Crippen LogP contribution is 2.34. The first-order chi connectivity index (χ1) is 11.1. The van der Waals surface area contributed by atoms with Gasteiger partial charge in [-0.2, -0.15) is 5.10 Å². The molecule has 3 N–H and O–H groups in total. The number of thioether (sulfide) groups is 1. The Balaban J connectivity index is 1.52. The molecule has 1 amide bonds. The van der Waals surface area contributed by atoms with Gasteiger partial charge in [-0.25, -0.2) is 0 Å². The zero-order valence-corrected chi connectivity index (χ0v) is 14.3. The van der Waals surface area contributed by atoms with Crippen LogP contribution in [0.3, 0.4) is 0 Å². The minimum Gasteiger partial charge on any atom is -0.399 e. The molecule has 1 unspecified atom stereocenters. The minimum atomic E-state index is -0.0896. The Labute approximate surface area is 141 Å². The van der Waals surface area contributed by atoms with Gasteiger partial charge in [0.1, 0.15) is 5.04 Å². The Morgan fingerprint density at radius 1 is 1.30 bits per heavy atom. The number of carbonyl (C=O) groups excluding carboxylic acids is 1. The predicted octanol–water partition coefficient (Wildman–Crippen LogP) is 2.78. The van der Waals surface area contributed by atoms with Crippen LogP contribution in [0.4, 0.5) is 5.69 Å². The molecule has 5 nitrogen and oxygen atoms in total. The Hall–Kier alpha value is -1.69. The molecule has 1 aliphatic carbocycles. The fourth-order valence-electron chi connectivity index (χ4n) is 3.08. The van der Waals surface area contributed by atoms with Crippen molar-refractivity contribution in [3.05, 3.63) is 29.8 Å². The zero-order chi connectivity index (χ0) is 16.2. The molecule has 6 heteroatoms. The van der Waals surface area contributed by atoms with Crippen molar-refractivity contribution >= 4 is 28.4 Å². The van der Waals surface area contributed by atoms with Crippen LogP contribution >= 0.6 is 11.8 Å². The Morgan fingerprint density at radius 3 is 2.70 bits per heavy atom. The maximum atomic E-state index is 12.2. The smallest absolute Gasteiger partial charge is 0.226 e. The maximum Gasteiger partial charge on any atom is 0.226 e. The van der Waals surface area contributed by atoms with Crippen molar-refractivity contribution in [2.24, 2.45) is 11.0 Å². The first kappa shape index (κ1) is 16.2. The lowest BCUT2D eigenvalue weighted by Crippen LogP contribution is -2.40. The largest absolute Gasteiger partial charge is 0.399 e. The van der Waals surface area contributed by atoms with Crippen molar-refractivity contribution in [1.82, 2.24) is 10.3 Å². The second-order valence-corrected chi connectivity index (χ2v) is 7.40. The third-order valence-electron chi connectivity index (χ3n) is 4.41. The van der Waals surface area contributed by atoms with Crippen molar-refractivity contribution in [2.45, 2.75) is 44.0 Å². The number of hydrogen-bond donors (Lipinski definition) is 2. The van der Waals surface area contributed by atoms with Crippen LogP contribution in [0.5, 0.6) is 0 Å². The molecule has 0 aromatic heterocycles. The van der Waals surface area contributed by atoms with Crippen molar-refractivity contribution in [2.75, 3.05) is 12.8 Å². The molecule has 23 heavy (non-hydrogen) atoms. The molecule has 1 saturated carbocycles. The fraction of sp³-hybridized carbons (Fsp3) is 0.529. The van der Waals surface area contributed by atoms with E-state index in [2.05, 4.69) is 10.4 Å². The standard InChI is InChI=1S/C17H24N4OS/c1-21-17(23-16(20-21)13-5-3-2-4-6-13)19-15(22)11-12-7-9-14(18)10-8-12/h7-10,13,17H,2-6,11,18H2,1H3,(H,19,22). The van der Waals surface area contributed by atoms with Crippen molar-refractivity contribution in [1.29, 1.82) is 0 Å². The molecule has 1 aromatic carbocycles. The third-order valence-corrected chi connectivity index (χ3v) is 5.71. The lowest BCUT2D eigenvalue weighted by Gasteiger charge is -2.21. The van der Waals surface area contributed by atoms with Crippen LogP contribution < -0.4 is 11.1 Å². The van der Waals surface area contributed by atoms with Gasteiger partial charge in [-0.3, -0.25) is 9.80 Å². The lowest BCUT2D eigenvalue weighted by atomic mass is 9.90. The first-order valence-electron chi connectivity index (χ1n) is 8.23. The van der Waals surface area contributed by atoms with Crippen LogP contribution in [-0.4, -0.2) is 28.5 Å². The molecule has 0 bridgehead atoms. The molecule has 0 saturated heterocycles. The number of nitrogens with two attached hydrogens (primary N) is 1. The minimum absolute atomic E-state index is 0.0132. The summed E-state index contributed by atoms with van der Waals surface area (Å²) in [7, 11) is 1.93. The van der Waals surface area contributed by atoms with Gasteiger partial charge in [0.2, 0.25) is 5.91 Å². The van der Waals surface area contributed by atoms with Gasteiger partial charge in [-0.15, -0.1) is 0 Å². The van der Waals surface area contributed by atoms with E-state index in [0.29, 0.717) is 18.0 Å². The molecule has 0 spiro atoms. The molecule has 1 aliphatic heterocycles. The Kier molecular flexibility index (Phi) is 5.10. The summed E-state index contributed by atoms with van der Waals surface area (Å²) in [6.07, 6.45) is 6.75. The van der Waals surface area contributed by atoms with Crippen molar-refractivity contribution in [3.63, 3.8) is 0 Å². The first-order valence-corrected chi connectivity index (χ1v) is 9.11. The van der Waals surface area contributed by atoms with Gasteiger partial charge >= 0.3 is 0 Å². The second-order valence-electron chi connectivity index (χ2n) is 6.30. The molecular formula is C17H24N4OS. The summed E-state index contributed by atoms with van der Waals surface area (Å²) in [4.78, 5) is 12.2. The maximum absolute atomic E-state index is 12.2. The van der Waals surface area contributed by atoms with Gasteiger partial charge in [0.15, 0.2) is 5.50 Å².